The minimum atomic E-state index is -0.602. The van der Waals surface area contributed by atoms with Gasteiger partial charge in [-0.25, -0.2) is 0 Å². The summed E-state index contributed by atoms with van der Waals surface area (Å²) in [5.74, 6) is -1.15. The Balaban J connectivity index is 2.08. The highest BCUT2D eigenvalue weighted by Crippen LogP contribution is 2.04. The van der Waals surface area contributed by atoms with Gasteiger partial charge in [-0.2, -0.15) is 0 Å². The van der Waals surface area contributed by atoms with Crippen molar-refractivity contribution in [2.75, 3.05) is 26.6 Å². The Morgan fingerprint density at radius 2 is 1.89 bits per heavy atom. The van der Waals surface area contributed by atoms with E-state index < -0.39 is 18.0 Å². The maximum atomic E-state index is 11.4. The fourth-order valence-electron chi connectivity index (χ4n) is 1.47. The summed E-state index contributed by atoms with van der Waals surface area (Å²) in [6.45, 7) is 3.24. The second-order valence-electron chi connectivity index (χ2n) is 4.08. The number of ether oxygens (including phenoxy) is 4. The molecule has 1 fully saturated rings. The zero-order valence-corrected chi connectivity index (χ0v) is 10.7. The number of unbranched alkanes of at least 4 members (excludes halogenated alkanes) is 2. The zero-order valence-electron chi connectivity index (χ0n) is 10.7. The van der Waals surface area contributed by atoms with E-state index in [0.29, 0.717) is 19.8 Å². The molecule has 1 rings (SSSR count). The van der Waals surface area contributed by atoms with Gasteiger partial charge in [-0.15, -0.1) is 0 Å². The van der Waals surface area contributed by atoms with Crippen LogP contribution in [0.4, 0.5) is 0 Å². The van der Waals surface area contributed by atoms with Crippen molar-refractivity contribution in [3.05, 3.63) is 0 Å². The van der Waals surface area contributed by atoms with Crippen LogP contribution in [-0.2, 0) is 28.5 Å². The van der Waals surface area contributed by atoms with Crippen LogP contribution in [0.2, 0.25) is 0 Å². The first-order valence-electron chi connectivity index (χ1n) is 6.23. The Bertz CT molecular complexity index is 259. The molecule has 6 nitrogen and oxygen atoms in total. The predicted molar refractivity (Wildman–Crippen MR) is 61.8 cm³/mol. The van der Waals surface area contributed by atoms with E-state index in [-0.39, 0.29) is 13.2 Å². The molecule has 1 aliphatic rings. The van der Waals surface area contributed by atoms with Gasteiger partial charge < -0.3 is 18.9 Å². The molecule has 0 aromatic carbocycles. The summed E-state index contributed by atoms with van der Waals surface area (Å²) in [7, 11) is 0. The minimum absolute atomic E-state index is 0.216. The van der Waals surface area contributed by atoms with E-state index in [9.17, 15) is 9.59 Å². The molecule has 1 saturated heterocycles. The van der Waals surface area contributed by atoms with Crippen LogP contribution < -0.4 is 0 Å². The van der Waals surface area contributed by atoms with Crippen molar-refractivity contribution in [1.29, 1.82) is 0 Å². The summed E-state index contributed by atoms with van der Waals surface area (Å²) < 4.78 is 19.8. The molecule has 0 spiro atoms. The van der Waals surface area contributed by atoms with E-state index in [2.05, 4.69) is 6.92 Å². The van der Waals surface area contributed by atoms with Gasteiger partial charge in [-0.05, 0) is 6.42 Å². The number of rotatable bonds is 7. The van der Waals surface area contributed by atoms with E-state index in [0.717, 1.165) is 19.3 Å². The van der Waals surface area contributed by atoms with Crippen LogP contribution in [0, 0.1) is 0 Å². The van der Waals surface area contributed by atoms with Crippen LogP contribution in [0.15, 0.2) is 0 Å². The van der Waals surface area contributed by atoms with E-state index >= 15 is 0 Å². The third-order valence-electron chi connectivity index (χ3n) is 2.37. The van der Waals surface area contributed by atoms with Crippen molar-refractivity contribution >= 4 is 11.9 Å². The Hall–Kier alpha value is -1.14. The molecule has 0 amide bonds. The lowest BCUT2D eigenvalue weighted by Gasteiger charge is -2.22. The Labute approximate surface area is 107 Å². The van der Waals surface area contributed by atoms with Crippen LogP contribution >= 0.6 is 0 Å². The molecule has 0 aliphatic carbocycles. The zero-order chi connectivity index (χ0) is 13.2. The lowest BCUT2D eigenvalue weighted by Crippen LogP contribution is -2.34. The maximum absolute atomic E-state index is 11.4. The molecule has 0 aromatic rings. The molecule has 0 atom stereocenters. The molecule has 1 heterocycles. The Morgan fingerprint density at radius 3 is 2.56 bits per heavy atom. The topological polar surface area (TPSA) is 71.1 Å². The van der Waals surface area contributed by atoms with Crippen LogP contribution in [0.5, 0.6) is 0 Å². The molecule has 104 valence electrons. The first-order valence-corrected chi connectivity index (χ1v) is 6.23. The van der Waals surface area contributed by atoms with Crippen molar-refractivity contribution in [3.63, 3.8) is 0 Å². The standard InChI is InChI=1S/C12H20O6/c1-2-3-4-5-17-11(13)6-12(14)18-10-7-15-9-16-8-10/h10H,2-9H2,1H3. The number of hydrogen-bond acceptors (Lipinski definition) is 6. The number of esters is 2. The number of carbonyl (C=O) groups excluding carboxylic acids is 2. The van der Waals surface area contributed by atoms with Gasteiger partial charge >= 0.3 is 11.9 Å². The van der Waals surface area contributed by atoms with E-state index in [1.54, 1.807) is 0 Å². The fourth-order valence-corrected chi connectivity index (χ4v) is 1.47. The molecule has 0 radical (unpaired) electrons. The summed E-state index contributed by atoms with van der Waals surface area (Å²) in [6.07, 6.45) is 2.10. The SMILES string of the molecule is CCCCCOC(=O)CC(=O)OC1COCOC1. The van der Waals surface area contributed by atoms with Crippen LogP contribution in [0.3, 0.4) is 0 Å². The molecule has 0 bridgehead atoms. The van der Waals surface area contributed by atoms with Crippen LogP contribution in [0.1, 0.15) is 32.6 Å². The first kappa shape index (κ1) is 14.9. The minimum Gasteiger partial charge on any atom is -0.465 e. The second-order valence-corrected chi connectivity index (χ2v) is 4.08. The van der Waals surface area contributed by atoms with Gasteiger partial charge in [0.25, 0.3) is 0 Å². The highest BCUT2D eigenvalue weighted by molar-refractivity contribution is 5.91. The molecule has 0 N–H and O–H groups in total. The first-order chi connectivity index (χ1) is 8.72. The molecule has 1 aliphatic heterocycles. The smallest absolute Gasteiger partial charge is 0.317 e. The van der Waals surface area contributed by atoms with Crippen molar-refractivity contribution in [2.45, 2.75) is 38.7 Å². The van der Waals surface area contributed by atoms with Gasteiger partial charge in [0.15, 0.2) is 0 Å². The molecule has 0 unspecified atom stereocenters. The van der Waals surface area contributed by atoms with Gasteiger partial charge in [0, 0.05) is 0 Å². The average Bonchev–Trinajstić information content (AvgIpc) is 2.35. The molecular weight excluding hydrogens is 240 g/mol. The van der Waals surface area contributed by atoms with Gasteiger partial charge in [0.2, 0.25) is 0 Å². The number of hydrogen-bond donors (Lipinski definition) is 0. The number of carbonyl (C=O) groups is 2. The van der Waals surface area contributed by atoms with E-state index in [4.69, 9.17) is 18.9 Å². The van der Waals surface area contributed by atoms with E-state index in [1.165, 1.54) is 0 Å². The molecular formula is C12H20O6. The van der Waals surface area contributed by atoms with Crippen molar-refractivity contribution in [2.24, 2.45) is 0 Å². The highest BCUT2D eigenvalue weighted by Gasteiger charge is 2.20. The largest absolute Gasteiger partial charge is 0.465 e. The molecule has 0 aromatic heterocycles. The van der Waals surface area contributed by atoms with Gasteiger partial charge in [0.1, 0.15) is 19.3 Å². The molecule has 6 heteroatoms. The summed E-state index contributed by atoms with van der Waals surface area (Å²) in [5.41, 5.74) is 0. The monoisotopic (exact) mass is 260 g/mol. The van der Waals surface area contributed by atoms with Gasteiger partial charge in [-0.3, -0.25) is 9.59 Å². The lowest BCUT2D eigenvalue weighted by molar-refractivity contribution is -0.184. The van der Waals surface area contributed by atoms with Gasteiger partial charge in [-0.1, -0.05) is 19.8 Å². The quantitative estimate of drug-likeness (QED) is 0.387. The summed E-state index contributed by atoms with van der Waals surface area (Å²) >= 11 is 0. The van der Waals surface area contributed by atoms with Crippen molar-refractivity contribution < 1.29 is 28.5 Å². The normalized spacial score (nSPS) is 16.3. The Kier molecular flexibility index (Phi) is 7.36. The average molecular weight is 260 g/mol. The lowest BCUT2D eigenvalue weighted by atomic mass is 10.3. The molecule has 0 saturated carbocycles. The third-order valence-corrected chi connectivity index (χ3v) is 2.37. The summed E-state index contributed by atoms with van der Waals surface area (Å²) in [6, 6.07) is 0. The molecule has 18 heavy (non-hydrogen) atoms. The predicted octanol–water partition coefficient (Wildman–Crippen LogP) is 1.03. The fraction of sp³-hybridized carbons (Fsp3) is 0.833. The summed E-state index contributed by atoms with van der Waals surface area (Å²) in [5, 5.41) is 0. The second kappa shape index (κ2) is 8.88. The van der Waals surface area contributed by atoms with Crippen LogP contribution in [-0.4, -0.2) is 44.7 Å². The van der Waals surface area contributed by atoms with Crippen molar-refractivity contribution in [3.8, 4) is 0 Å². The highest BCUT2D eigenvalue weighted by atomic mass is 16.7. The van der Waals surface area contributed by atoms with Gasteiger partial charge in [0.05, 0.1) is 19.8 Å². The van der Waals surface area contributed by atoms with Crippen LogP contribution in [0.25, 0.3) is 0 Å². The van der Waals surface area contributed by atoms with Crippen molar-refractivity contribution in [1.82, 2.24) is 0 Å². The maximum Gasteiger partial charge on any atom is 0.317 e. The van der Waals surface area contributed by atoms with E-state index in [1.807, 2.05) is 0 Å². The Morgan fingerprint density at radius 1 is 1.17 bits per heavy atom. The third kappa shape index (κ3) is 6.56. The summed E-state index contributed by atoms with van der Waals surface area (Å²) in [4.78, 5) is 22.6.